The number of amides is 2. The topological polar surface area (TPSA) is 55.8 Å². The van der Waals surface area contributed by atoms with E-state index in [-0.39, 0.29) is 29.2 Å². The van der Waals surface area contributed by atoms with Crippen LogP contribution in [0.5, 0.6) is 11.5 Å². The van der Waals surface area contributed by atoms with Crippen LogP contribution in [0.25, 0.3) is 6.08 Å². The van der Waals surface area contributed by atoms with E-state index in [4.69, 9.17) is 55.9 Å². The van der Waals surface area contributed by atoms with Gasteiger partial charge >= 0.3 is 0 Å². The fourth-order valence-corrected chi connectivity index (χ4v) is 4.98. The summed E-state index contributed by atoms with van der Waals surface area (Å²) >= 11 is 25.4. The minimum absolute atomic E-state index is 0.158. The lowest BCUT2D eigenvalue weighted by Crippen LogP contribution is -2.27. The molecule has 0 radical (unpaired) electrons. The Hall–Kier alpha value is -2.35. The van der Waals surface area contributed by atoms with Crippen molar-refractivity contribution in [3.05, 3.63) is 96.3 Å². The minimum Gasteiger partial charge on any atom is -0.490 e. The summed E-state index contributed by atoms with van der Waals surface area (Å²) in [4.78, 5) is 27.0. The van der Waals surface area contributed by atoms with E-state index in [0.29, 0.717) is 43.8 Å². The van der Waals surface area contributed by atoms with Gasteiger partial charge in [-0.1, -0.05) is 64.6 Å². The molecule has 3 aromatic carbocycles. The van der Waals surface area contributed by atoms with Gasteiger partial charge < -0.3 is 9.47 Å². The molecule has 10 heteroatoms. The molecule has 4 rings (SSSR count). The second-order valence-corrected chi connectivity index (χ2v) is 10.3. The zero-order valence-corrected chi connectivity index (χ0v) is 22.7. The van der Waals surface area contributed by atoms with Gasteiger partial charge in [0.15, 0.2) is 11.5 Å². The molecule has 2 amide bonds. The average Bonchev–Trinajstić information content (AvgIpc) is 3.09. The predicted molar refractivity (Wildman–Crippen MR) is 146 cm³/mol. The van der Waals surface area contributed by atoms with Gasteiger partial charge in [0.1, 0.15) is 6.61 Å². The van der Waals surface area contributed by atoms with Crippen molar-refractivity contribution < 1.29 is 19.1 Å². The normalized spacial score (nSPS) is 14.6. The molecule has 3 aromatic rings. The number of rotatable bonds is 8. The van der Waals surface area contributed by atoms with Gasteiger partial charge in [-0.25, -0.2) is 0 Å². The van der Waals surface area contributed by atoms with Crippen LogP contribution in [0.15, 0.2) is 59.5 Å². The maximum atomic E-state index is 12.9. The van der Waals surface area contributed by atoms with Crippen LogP contribution >= 0.6 is 58.2 Å². The van der Waals surface area contributed by atoms with Gasteiger partial charge in [0.05, 0.1) is 33.1 Å². The number of halogens is 4. The third-order valence-corrected chi connectivity index (χ3v) is 7.30. The number of hydrogen-bond donors (Lipinski definition) is 0. The Kier molecular flexibility index (Phi) is 8.75. The van der Waals surface area contributed by atoms with Crippen molar-refractivity contribution in [3.63, 3.8) is 0 Å². The molecule has 0 aliphatic carbocycles. The quantitative estimate of drug-likeness (QED) is 0.249. The maximum absolute atomic E-state index is 12.9. The minimum atomic E-state index is -0.381. The number of hydrogen-bond acceptors (Lipinski definition) is 5. The van der Waals surface area contributed by atoms with E-state index in [1.165, 1.54) is 4.90 Å². The first-order valence-electron chi connectivity index (χ1n) is 10.8. The van der Waals surface area contributed by atoms with Gasteiger partial charge in [-0.15, -0.1) is 0 Å². The summed E-state index contributed by atoms with van der Waals surface area (Å²) in [7, 11) is 0. The van der Waals surface area contributed by atoms with Crippen molar-refractivity contribution in [1.29, 1.82) is 0 Å². The smallest absolute Gasteiger partial charge is 0.293 e. The molecule has 1 aliphatic rings. The first kappa shape index (κ1) is 26.7. The lowest BCUT2D eigenvalue weighted by atomic mass is 10.1. The van der Waals surface area contributed by atoms with Crippen LogP contribution in [0.4, 0.5) is 4.79 Å². The summed E-state index contributed by atoms with van der Waals surface area (Å²) in [6.45, 7) is 2.57. The van der Waals surface area contributed by atoms with Crippen LogP contribution in [0, 0.1) is 0 Å². The molecule has 5 nitrogen and oxygen atoms in total. The van der Waals surface area contributed by atoms with Gasteiger partial charge in [0.2, 0.25) is 0 Å². The number of carbonyl (C=O) groups is 2. The first-order valence-corrected chi connectivity index (χ1v) is 13.1. The van der Waals surface area contributed by atoms with E-state index < -0.39 is 0 Å². The molecule has 0 spiro atoms. The molecule has 0 saturated carbocycles. The zero-order chi connectivity index (χ0) is 25.8. The molecule has 36 heavy (non-hydrogen) atoms. The highest BCUT2D eigenvalue weighted by atomic mass is 35.5. The van der Waals surface area contributed by atoms with Crippen LogP contribution in [0.2, 0.25) is 20.1 Å². The number of imide groups is 1. The van der Waals surface area contributed by atoms with E-state index in [0.717, 1.165) is 22.9 Å². The first-order chi connectivity index (χ1) is 17.2. The summed E-state index contributed by atoms with van der Waals surface area (Å²) in [6.07, 6.45) is 1.61. The Bertz CT molecular complexity index is 1340. The molecule has 0 N–H and O–H groups in total. The number of nitrogens with zero attached hydrogens (tertiary/aromatic N) is 1. The maximum Gasteiger partial charge on any atom is 0.293 e. The molecule has 1 saturated heterocycles. The van der Waals surface area contributed by atoms with Gasteiger partial charge in [-0.05, 0) is 77.9 Å². The lowest BCUT2D eigenvalue weighted by Gasteiger charge is -2.15. The van der Waals surface area contributed by atoms with Crippen molar-refractivity contribution >= 4 is 75.4 Å². The second kappa shape index (κ2) is 11.8. The molecule has 1 heterocycles. The van der Waals surface area contributed by atoms with Crippen LogP contribution < -0.4 is 9.47 Å². The average molecular weight is 583 g/mol. The molecule has 0 bridgehead atoms. The summed E-state index contributed by atoms with van der Waals surface area (Å²) in [5, 5.41) is 1.41. The molecule has 186 valence electrons. The Morgan fingerprint density at radius 2 is 1.58 bits per heavy atom. The van der Waals surface area contributed by atoms with E-state index in [1.54, 1.807) is 60.7 Å². The monoisotopic (exact) mass is 581 g/mol. The van der Waals surface area contributed by atoms with Crippen molar-refractivity contribution in [1.82, 2.24) is 4.90 Å². The van der Waals surface area contributed by atoms with Gasteiger partial charge in [-0.2, -0.15) is 0 Å². The summed E-state index contributed by atoms with van der Waals surface area (Å²) in [5.74, 6) is 0.392. The van der Waals surface area contributed by atoms with Crippen molar-refractivity contribution in [2.75, 3.05) is 6.61 Å². The summed E-state index contributed by atoms with van der Waals surface area (Å²) in [6, 6.07) is 15.6. The summed E-state index contributed by atoms with van der Waals surface area (Å²) in [5.41, 5.74) is 2.21. The highest BCUT2D eigenvalue weighted by Crippen LogP contribution is 2.40. The molecule has 0 atom stereocenters. The molecule has 0 unspecified atom stereocenters. The molecule has 0 aromatic heterocycles. The number of ether oxygens (including phenoxy) is 2. The summed E-state index contributed by atoms with van der Waals surface area (Å²) < 4.78 is 11.7. The fourth-order valence-electron chi connectivity index (χ4n) is 3.42. The predicted octanol–water partition coefficient (Wildman–Crippen LogP) is 8.51. The highest BCUT2D eigenvalue weighted by Gasteiger charge is 2.35. The molecular formula is C26H19Cl4NO4S. The number of benzene rings is 3. The van der Waals surface area contributed by atoms with Crippen LogP contribution in [-0.2, 0) is 17.9 Å². The SMILES string of the molecule is CCOc1cc(/C=C2\SC(=O)N(Cc3ccc(Cl)cc3)C2=O)cc(Cl)c1OCc1ccc(Cl)c(Cl)c1. The Morgan fingerprint density at radius 1 is 0.861 bits per heavy atom. The van der Waals surface area contributed by atoms with Gasteiger partial charge in [0.25, 0.3) is 11.1 Å². The van der Waals surface area contributed by atoms with Gasteiger partial charge in [-0.3, -0.25) is 14.5 Å². The van der Waals surface area contributed by atoms with E-state index in [9.17, 15) is 9.59 Å². The Morgan fingerprint density at radius 3 is 2.28 bits per heavy atom. The van der Waals surface area contributed by atoms with Crippen molar-refractivity contribution in [2.24, 2.45) is 0 Å². The van der Waals surface area contributed by atoms with Crippen molar-refractivity contribution in [2.45, 2.75) is 20.1 Å². The number of thioether (sulfide) groups is 1. The third-order valence-electron chi connectivity index (χ3n) is 5.12. The van der Waals surface area contributed by atoms with Gasteiger partial charge in [0, 0.05) is 5.02 Å². The van der Waals surface area contributed by atoms with Crippen LogP contribution in [0.1, 0.15) is 23.6 Å². The van der Waals surface area contributed by atoms with Crippen LogP contribution in [0.3, 0.4) is 0 Å². The van der Waals surface area contributed by atoms with E-state index >= 15 is 0 Å². The largest absolute Gasteiger partial charge is 0.490 e. The van der Waals surface area contributed by atoms with Crippen LogP contribution in [-0.4, -0.2) is 22.7 Å². The van der Waals surface area contributed by atoms with E-state index in [1.807, 2.05) is 6.92 Å². The lowest BCUT2D eigenvalue weighted by molar-refractivity contribution is -0.123. The fraction of sp³-hybridized carbons (Fsp3) is 0.154. The Balaban J connectivity index is 1.54. The highest BCUT2D eigenvalue weighted by molar-refractivity contribution is 8.18. The Labute approximate surface area is 232 Å². The standard InChI is InChI=1S/C26H19Cl4NO4S/c1-2-34-22-11-17(10-21(30)24(22)35-14-16-5-8-19(28)20(29)9-16)12-23-25(32)31(26(33)36-23)13-15-3-6-18(27)7-4-15/h3-12H,2,13-14H2,1H3/b23-12-. The third kappa shape index (κ3) is 6.31. The zero-order valence-electron chi connectivity index (χ0n) is 18.9. The van der Waals surface area contributed by atoms with Crippen molar-refractivity contribution in [3.8, 4) is 11.5 Å². The second-order valence-electron chi connectivity index (χ2n) is 7.69. The molecule has 1 aliphatic heterocycles. The molecular weight excluding hydrogens is 564 g/mol. The van der Waals surface area contributed by atoms with E-state index in [2.05, 4.69) is 0 Å². The molecule has 1 fully saturated rings. The number of carbonyl (C=O) groups excluding carboxylic acids is 2.